The highest BCUT2D eigenvalue weighted by Gasteiger charge is 2.32. The lowest BCUT2D eigenvalue weighted by atomic mass is 10.1. The predicted molar refractivity (Wildman–Crippen MR) is 136 cm³/mol. The quantitative estimate of drug-likeness (QED) is 0.445. The molecule has 1 fully saturated rings. The van der Waals surface area contributed by atoms with Crippen molar-refractivity contribution in [1.29, 1.82) is 0 Å². The van der Waals surface area contributed by atoms with Crippen molar-refractivity contribution in [3.05, 3.63) is 54.1 Å². The second kappa shape index (κ2) is 11.1. The Bertz CT molecular complexity index is 1120. The fourth-order valence-corrected chi connectivity index (χ4v) is 4.10. The van der Waals surface area contributed by atoms with E-state index in [4.69, 9.17) is 19.3 Å². The first-order valence-electron chi connectivity index (χ1n) is 12.3. The van der Waals surface area contributed by atoms with Crippen LogP contribution in [0.1, 0.15) is 39.3 Å². The molecule has 35 heavy (non-hydrogen) atoms. The van der Waals surface area contributed by atoms with Crippen LogP contribution in [0.25, 0.3) is 10.9 Å². The van der Waals surface area contributed by atoms with Crippen molar-refractivity contribution in [2.24, 2.45) is 0 Å². The summed E-state index contributed by atoms with van der Waals surface area (Å²) in [6, 6.07) is 16.1. The molecule has 1 aliphatic heterocycles. The summed E-state index contributed by atoms with van der Waals surface area (Å²) in [6.07, 6.45) is 0. The van der Waals surface area contributed by atoms with Crippen molar-refractivity contribution in [3.63, 3.8) is 0 Å². The van der Waals surface area contributed by atoms with E-state index in [-0.39, 0.29) is 11.9 Å². The van der Waals surface area contributed by atoms with Gasteiger partial charge in [0.25, 0.3) is 5.91 Å². The van der Waals surface area contributed by atoms with E-state index in [9.17, 15) is 4.79 Å². The summed E-state index contributed by atoms with van der Waals surface area (Å²) in [5, 5.41) is 8.57. The van der Waals surface area contributed by atoms with E-state index in [1.165, 1.54) is 5.56 Å². The summed E-state index contributed by atoms with van der Waals surface area (Å²) in [4.78, 5) is 15.3. The SMILES string of the molecule is CC(C)n1nc(OC(C)(C)C(=O)NCCOc2ccccc2)c2cc(CN3CCOCC3)ccc21. The van der Waals surface area contributed by atoms with Gasteiger partial charge >= 0.3 is 0 Å². The number of ether oxygens (including phenoxy) is 3. The molecule has 0 bridgehead atoms. The monoisotopic (exact) mass is 480 g/mol. The molecular weight excluding hydrogens is 444 g/mol. The smallest absolute Gasteiger partial charge is 0.263 e. The largest absolute Gasteiger partial charge is 0.492 e. The van der Waals surface area contributed by atoms with Gasteiger partial charge in [-0.1, -0.05) is 24.3 Å². The molecule has 2 aromatic carbocycles. The average Bonchev–Trinajstić information content (AvgIpc) is 3.20. The number of morpholine rings is 1. The molecule has 0 radical (unpaired) electrons. The summed E-state index contributed by atoms with van der Waals surface area (Å²) >= 11 is 0. The number of carbonyl (C=O) groups excluding carboxylic acids is 1. The van der Waals surface area contributed by atoms with Crippen LogP contribution in [0.5, 0.6) is 11.6 Å². The maximum atomic E-state index is 12.9. The Balaban J connectivity index is 1.45. The van der Waals surface area contributed by atoms with Gasteiger partial charge in [-0.15, -0.1) is 5.10 Å². The Kier molecular flexibility index (Phi) is 7.93. The van der Waals surface area contributed by atoms with Crippen LogP contribution < -0.4 is 14.8 Å². The number of rotatable bonds is 10. The van der Waals surface area contributed by atoms with Crippen LogP contribution in [0.4, 0.5) is 0 Å². The first kappa shape index (κ1) is 25.0. The number of benzene rings is 2. The van der Waals surface area contributed by atoms with Crippen molar-refractivity contribution >= 4 is 16.8 Å². The molecule has 0 atom stereocenters. The van der Waals surface area contributed by atoms with E-state index in [1.54, 1.807) is 13.8 Å². The summed E-state index contributed by atoms with van der Waals surface area (Å²) < 4.78 is 19.3. The minimum absolute atomic E-state index is 0.159. The van der Waals surface area contributed by atoms with Gasteiger partial charge in [0.15, 0.2) is 5.60 Å². The van der Waals surface area contributed by atoms with Gasteiger partial charge < -0.3 is 19.5 Å². The summed E-state index contributed by atoms with van der Waals surface area (Å²) in [5.74, 6) is 1.03. The summed E-state index contributed by atoms with van der Waals surface area (Å²) in [7, 11) is 0. The number of hydrogen-bond donors (Lipinski definition) is 1. The second-order valence-electron chi connectivity index (χ2n) is 9.61. The van der Waals surface area contributed by atoms with Crippen LogP contribution in [-0.4, -0.2) is 65.6 Å². The maximum Gasteiger partial charge on any atom is 0.263 e. The van der Waals surface area contributed by atoms with Crippen LogP contribution in [0.2, 0.25) is 0 Å². The highest BCUT2D eigenvalue weighted by molar-refractivity contribution is 5.88. The van der Waals surface area contributed by atoms with E-state index in [0.717, 1.165) is 49.5 Å². The zero-order chi connectivity index (χ0) is 24.8. The molecular formula is C27H36N4O4. The third-order valence-electron chi connectivity index (χ3n) is 6.03. The third kappa shape index (κ3) is 6.32. The Hall–Kier alpha value is -3.10. The number of nitrogens with one attached hydrogen (secondary N) is 1. The second-order valence-corrected chi connectivity index (χ2v) is 9.61. The van der Waals surface area contributed by atoms with Crippen molar-refractivity contribution < 1.29 is 19.0 Å². The van der Waals surface area contributed by atoms with Crippen molar-refractivity contribution in [2.75, 3.05) is 39.5 Å². The van der Waals surface area contributed by atoms with Crippen LogP contribution in [0.15, 0.2) is 48.5 Å². The molecule has 0 saturated carbocycles. The Morgan fingerprint density at radius 2 is 1.89 bits per heavy atom. The van der Waals surface area contributed by atoms with Crippen LogP contribution >= 0.6 is 0 Å². The van der Waals surface area contributed by atoms with Gasteiger partial charge in [-0.2, -0.15) is 0 Å². The van der Waals surface area contributed by atoms with Crippen molar-refractivity contribution in [3.8, 4) is 11.6 Å². The molecule has 0 aliphatic carbocycles. The highest BCUT2D eigenvalue weighted by atomic mass is 16.5. The first-order valence-corrected chi connectivity index (χ1v) is 12.3. The fraction of sp³-hybridized carbons (Fsp3) is 0.481. The van der Waals surface area contributed by atoms with Gasteiger partial charge in [0.1, 0.15) is 12.4 Å². The molecule has 1 aromatic heterocycles. The molecule has 1 saturated heterocycles. The number of aromatic nitrogens is 2. The van der Waals surface area contributed by atoms with E-state index >= 15 is 0 Å². The molecule has 8 nitrogen and oxygen atoms in total. The summed E-state index contributed by atoms with van der Waals surface area (Å²) in [6.45, 7) is 12.7. The van der Waals surface area contributed by atoms with Crippen molar-refractivity contribution in [1.82, 2.24) is 20.0 Å². The molecule has 188 valence electrons. The van der Waals surface area contributed by atoms with E-state index in [1.807, 2.05) is 35.0 Å². The van der Waals surface area contributed by atoms with Crippen LogP contribution in [0, 0.1) is 0 Å². The Labute approximate surface area is 207 Å². The molecule has 3 aromatic rings. The van der Waals surface area contributed by atoms with E-state index < -0.39 is 5.60 Å². The van der Waals surface area contributed by atoms with Gasteiger partial charge in [0, 0.05) is 25.7 Å². The third-order valence-corrected chi connectivity index (χ3v) is 6.03. The highest BCUT2D eigenvalue weighted by Crippen LogP contribution is 2.31. The number of amides is 1. The zero-order valence-electron chi connectivity index (χ0n) is 21.1. The average molecular weight is 481 g/mol. The number of hydrogen-bond acceptors (Lipinski definition) is 6. The predicted octanol–water partition coefficient (Wildman–Crippen LogP) is 3.80. The first-order chi connectivity index (χ1) is 16.8. The standard InChI is InChI=1S/C27H36N4O4/c1-20(2)31-24-11-10-21(19-30-13-16-33-17-14-30)18-23(24)25(29-31)35-27(3,4)26(32)28-12-15-34-22-8-6-5-7-9-22/h5-11,18,20H,12-17,19H2,1-4H3,(H,28,32). The molecule has 8 heteroatoms. The van der Waals surface area contributed by atoms with Crippen LogP contribution in [0.3, 0.4) is 0 Å². The number of fused-ring (bicyclic) bond motifs is 1. The molecule has 0 unspecified atom stereocenters. The lowest BCUT2D eigenvalue weighted by molar-refractivity contribution is -0.134. The van der Waals surface area contributed by atoms with Gasteiger partial charge in [0.2, 0.25) is 5.88 Å². The molecule has 4 rings (SSSR count). The van der Waals surface area contributed by atoms with Gasteiger partial charge in [-0.25, -0.2) is 0 Å². The molecule has 0 spiro atoms. The van der Waals surface area contributed by atoms with E-state index in [0.29, 0.717) is 19.0 Å². The number of para-hydroxylation sites is 1. The Morgan fingerprint density at radius 3 is 2.60 bits per heavy atom. The normalized spacial score (nSPS) is 14.9. The van der Waals surface area contributed by atoms with Gasteiger partial charge in [-0.05, 0) is 57.5 Å². The molecule has 2 heterocycles. The Morgan fingerprint density at radius 1 is 1.14 bits per heavy atom. The van der Waals surface area contributed by atoms with Crippen LogP contribution in [-0.2, 0) is 16.1 Å². The summed E-state index contributed by atoms with van der Waals surface area (Å²) in [5.41, 5.74) is 1.08. The molecule has 1 aliphatic rings. The number of nitrogens with zero attached hydrogens (tertiary/aromatic N) is 3. The minimum atomic E-state index is -1.10. The lowest BCUT2D eigenvalue weighted by Crippen LogP contribution is -2.47. The van der Waals surface area contributed by atoms with Crippen molar-refractivity contribution in [2.45, 2.75) is 45.9 Å². The minimum Gasteiger partial charge on any atom is -0.492 e. The van der Waals surface area contributed by atoms with Gasteiger partial charge in [-0.3, -0.25) is 14.4 Å². The fourth-order valence-electron chi connectivity index (χ4n) is 4.10. The number of carbonyl (C=O) groups is 1. The van der Waals surface area contributed by atoms with E-state index in [2.05, 4.69) is 42.3 Å². The molecule has 1 N–H and O–H groups in total. The lowest BCUT2D eigenvalue weighted by Gasteiger charge is -2.26. The zero-order valence-corrected chi connectivity index (χ0v) is 21.1. The maximum absolute atomic E-state index is 12.9. The van der Waals surface area contributed by atoms with Gasteiger partial charge in [0.05, 0.1) is 30.7 Å². The topological polar surface area (TPSA) is 77.9 Å². The molecule has 1 amide bonds.